The van der Waals surface area contributed by atoms with Crippen LogP contribution in [0.2, 0.25) is 0 Å². The van der Waals surface area contributed by atoms with Crippen LogP contribution in [0.25, 0.3) is 0 Å². The van der Waals surface area contributed by atoms with Crippen molar-refractivity contribution < 1.29 is 14.7 Å². The summed E-state index contributed by atoms with van der Waals surface area (Å²) in [5, 5.41) is 16.0. The molecule has 0 saturated carbocycles. The molecule has 2 unspecified atom stereocenters. The zero-order valence-electron chi connectivity index (χ0n) is 17.8. The molecule has 1 aliphatic heterocycles. The van der Waals surface area contributed by atoms with Gasteiger partial charge in [0.05, 0.1) is 12.6 Å². The fraction of sp³-hybridized carbons (Fsp3) is 0.375. The zero-order chi connectivity index (χ0) is 21.8. The van der Waals surface area contributed by atoms with Crippen molar-refractivity contribution in [2.75, 3.05) is 24.6 Å². The molecule has 8 heteroatoms. The van der Waals surface area contributed by atoms with Gasteiger partial charge in [-0.25, -0.2) is 0 Å². The van der Waals surface area contributed by atoms with Crippen LogP contribution in [-0.4, -0.2) is 52.7 Å². The zero-order valence-corrected chi connectivity index (χ0v) is 19.4. The van der Waals surface area contributed by atoms with Crippen LogP contribution in [0.15, 0.2) is 53.6 Å². The Labute approximate surface area is 198 Å². The Balaban J connectivity index is 0.00000289. The normalized spacial score (nSPS) is 22.8. The van der Waals surface area contributed by atoms with Gasteiger partial charge in [-0.15, -0.1) is 12.4 Å². The number of carbonyl (C=O) groups excluding carboxylic acids is 1. The van der Waals surface area contributed by atoms with Crippen LogP contribution in [0.1, 0.15) is 39.9 Å². The number of thioether (sulfide) groups is 1. The molecule has 4 rings (SSSR count). The first-order valence-electron chi connectivity index (χ1n) is 10.6. The van der Waals surface area contributed by atoms with E-state index < -0.39 is 17.4 Å². The first kappa shape index (κ1) is 24.3. The van der Waals surface area contributed by atoms with Crippen molar-refractivity contribution in [1.82, 2.24) is 5.01 Å². The highest BCUT2D eigenvalue weighted by Crippen LogP contribution is 2.41. The summed E-state index contributed by atoms with van der Waals surface area (Å²) >= 11 is 1.94. The highest BCUT2D eigenvalue weighted by Gasteiger charge is 2.47. The average Bonchev–Trinajstić information content (AvgIpc) is 2.80. The van der Waals surface area contributed by atoms with E-state index in [0.717, 1.165) is 47.7 Å². The van der Waals surface area contributed by atoms with Crippen molar-refractivity contribution in [1.29, 1.82) is 0 Å². The van der Waals surface area contributed by atoms with Crippen molar-refractivity contribution in [3.8, 4) is 0 Å². The molecule has 2 aromatic carbocycles. The number of halogens is 1. The lowest BCUT2D eigenvalue weighted by molar-refractivity contribution is -0.138. The fourth-order valence-electron chi connectivity index (χ4n) is 4.48. The largest absolute Gasteiger partial charge is 0.481 e. The van der Waals surface area contributed by atoms with Gasteiger partial charge < -0.3 is 10.8 Å². The number of benzene rings is 2. The molecule has 6 nitrogen and oxygen atoms in total. The molecule has 2 aliphatic rings. The number of rotatable bonds is 6. The summed E-state index contributed by atoms with van der Waals surface area (Å²) in [5.74, 6) is 0.549. The third-order valence-electron chi connectivity index (χ3n) is 6.20. The Morgan fingerprint density at radius 3 is 2.53 bits per heavy atom. The summed E-state index contributed by atoms with van der Waals surface area (Å²) in [5.41, 5.74) is 8.59. The van der Waals surface area contributed by atoms with Gasteiger partial charge in [0, 0.05) is 30.2 Å². The second kappa shape index (κ2) is 10.5. The first-order chi connectivity index (χ1) is 15.0. The van der Waals surface area contributed by atoms with Crippen LogP contribution in [0, 0.1) is 5.92 Å². The molecule has 0 spiro atoms. The van der Waals surface area contributed by atoms with Crippen LogP contribution >= 0.6 is 24.2 Å². The molecule has 1 aliphatic carbocycles. The number of fused-ring (bicyclic) bond motifs is 1. The highest BCUT2D eigenvalue weighted by molar-refractivity contribution is 7.99. The lowest BCUT2D eigenvalue weighted by Gasteiger charge is -2.41. The van der Waals surface area contributed by atoms with E-state index in [2.05, 4.69) is 10.1 Å². The number of nitrogens with zero attached hydrogens (tertiary/aromatic N) is 2. The summed E-state index contributed by atoms with van der Waals surface area (Å²) in [7, 11) is 0. The minimum absolute atomic E-state index is 0. The molecular formula is C24H28ClN3O3S. The number of Topliss-reactive ketones (excluding diaryl/α,β-unsaturated/α-hetero) is 1. The van der Waals surface area contributed by atoms with E-state index in [1.807, 2.05) is 54.4 Å². The molecule has 0 amide bonds. The molecule has 1 saturated heterocycles. The molecule has 0 aromatic heterocycles. The van der Waals surface area contributed by atoms with Gasteiger partial charge in [-0.2, -0.15) is 16.9 Å². The number of hydrazone groups is 1. The predicted octanol–water partition coefficient (Wildman–Crippen LogP) is 3.57. The van der Waals surface area contributed by atoms with Gasteiger partial charge in [-0.3, -0.25) is 14.6 Å². The Kier molecular flexibility index (Phi) is 7.98. The second-order valence-corrected chi connectivity index (χ2v) is 9.35. The molecule has 1 heterocycles. The van der Waals surface area contributed by atoms with Crippen molar-refractivity contribution in [3.63, 3.8) is 0 Å². The number of carbonyl (C=O) groups is 2. The lowest BCUT2D eigenvalue weighted by atomic mass is 9.65. The van der Waals surface area contributed by atoms with Crippen molar-refractivity contribution in [2.45, 2.75) is 24.8 Å². The van der Waals surface area contributed by atoms with Crippen LogP contribution in [0.4, 0.5) is 0 Å². The molecule has 32 heavy (non-hydrogen) atoms. The van der Waals surface area contributed by atoms with E-state index in [9.17, 15) is 14.7 Å². The molecular weight excluding hydrogens is 446 g/mol. The Bertz CT molecular complexity index is 992. The van der Waals surface area contributed by atoms with Crippen LogP contribution in [0.5, 0.6) is 0 Å². The molecule has 2 atom stereocenters. The number of aryl methyl sites for hydroxylation is 1. The van der Waals surface area contributed by atoms with E-state index in [0.29, 0.717) is 12.0 Å². The van der Waals surface area contributed by atoms with Gasteiger partial charge in [0.2, 0.25) is 0 Å². The number of aliphatic carboxylic acids is 1. The Morgan fingerprint density at radius 2 is 1.84 bits per heavy atom. The van der Waals surface area contributed by atoms with Crippen LogP contribution in [-0.2, 0) is 16.8 Å². The summed E-state index contributed by atoms with van der Waals surface area (Å²) in [6.07, 6.45) is 2.98. The predicted molar refractivity (Wildman–Crippen MR) is 131 cm³/mol. The summed E-state index contributed by atoms with van der Waals surface area (Å²) in [4.78, 5) is 25.1. The fourth-order valence-corrected chi connectivity index (χ4v) is 5.36. The van der Waals surface area contributed by atoms with E-state index in [4.69, 9.17) is 5.73 Å². The Hall–Kier alpha value is -2.35. The number of ketones is 1. The van der Waals surface area contributed by atoms with Gasteiger partial charge in [0.25, 0.3) is 0 Å². The quantitative estimate of drug-likeness (QED) is 0.492. The highest BCUT2D eigenvalue weighted by atomic mass is 35.5. The van der Waals surface area contributed by atoms with E-state index >= 15 is 0 Å². The van der Waals surface area contributed by atoms with Crippen molar-refractivity contribution >= 4 is 42.1 Å². The SMILES string of the molecule is Cl.NC1(C(=O)c2ccc(C=NN3CCSCC3)cc2)c2ccccc2CCC1CC(=O)O. The molecule has 0 radical (unpaired) electrons. The number of carboxylic acids is 1. The molecule has 0 bridgehead atoms. The lowest BCUT2D eigenvalue weighted by Crippen LogP contribution is -2.54. The molecule has 170 valence electrons. The molecule has 1 fully saturated rings. The smallest absolute Gasteiger partial charge is 0.303 e. The number of carboxylic acid groups (broad SMARTS) is 1. The Morgan fingerprint density at radius 1 is 1.16 bits per heavy atom. The summed E-state index contributed by atoms with van der Waals surface area (Å²) in [6.45, 7) is 1.88. The van der Waals surface area contributed by atoms with Crippen LogP contribution in [0.3, 0.4) is 0 Å². The standard InChI is InChI=1S/C24H27N3O3S.ClH/c25-24(20(15-22(28)29)10-9-18-3-1-2-4-21(18)24)23(30)19-7-5-17(6-8-19)16-26-27-11-13-31-14-12-27;/h1-8,16,20H,9-15,25H2,(H,28,29);1H. The van der Waals surface area contributed by atoms with E-state index in [1.54, 1.807) is 12.1 Å². The van der Waals surface area contributed by atoms with Crippen LogP contribution < -0.4 is 5.73 Å². The van der Waals surface area contributed by atoms with Gasteiger partial charge >= 0.3 is 5.97 Å². The number of nitrogens with two attached hydrogens (primary N) is 1. The summed E-state index contributed by atoms with van der Waals surface area (Å²) < 4.78 is 0. The second-order valence-electron chi connectivity index (χ2n) is 8.12. The van der Waals surface area contributed by atoms with Gasteiger partial charge in [0.1, 0.15) is 5.54 Å². The van der Waals surface area contributed by atoms with E-state index in [1.165, 1.54) is 0 Å². The third kappa shape index (κ3) is 5.00. The third-order valence-corrected chi connectivity index (χ3v) is 7.14. The number of hydrogen-bond acceptors (Lipinski definition) is 6. The summed E-state index contributed by atoms with van der Waals surface area (Å²) in [6, 6.07) is 14.9. The van der Waals surface area contributed by atoms with Gasteiger partial charge in [-0.05, 0) is 35.4 Å². The maximum absolute atomic E-state index is 13.6. The van der Waals surface area contributed by atoms with Crippen molar-refractivity contribution in [3.05, 3.63) is 70.8 Å². The maximum atomic E-state index is 13.6. The minimum Gasteiger partial charge on any atom is -0.481 e. The maximum Gasteiger partial charge on any atom is 0.303 e. The molecule has 3 N–H and O–H groups in total. The van der Waals surface area contributed by atoms with Gasteiger partial charge in [-0.1, -0.05) is 48.5 Å². The average molecular weight is 474 g/mol. The number of hydrogen-bond donors (Lipinski definition) is 2. The first-order valence-corrected chi connectivity index (χ1v) is 11.7. The minimum atomic E-state index is -1.35. The van der Waals surface area contributed by atoms with E-state index in [-0.39, 0.29) is 24.6 Å². The monoisotopic (exact) mass is 473 g/mol. The van der Waals surface area contributed by atoms with Crippen molar-refractivity contribution in [2.24, 2.45) is 16.8 Å². The van der Waals surface area contributed by atoms with Gasteiger partial charge in [0.15, 0.2) is 5.78 Å². The molecule has 2 aromatic rings. The topological polar surface area (TPSA) is 96.0 Å².